The van der Waals surface area contributed by atoms with Gasteiger partial charge in [-0.25, -0.2) is 0 Å². The maximum Gasteiger partial charge on any atom is 0.243 e. The van der Waals surface area contributed by atoms with Gasteiger partial charge in [-0.15, -0.1) is 0 Å². The Labute approximate surface area is 160 Å². The van der Waals surface area contributed by atoms with Gasteiger partial charge in [-0.3, -0.25) is 9.59 Å². The highest BCUT2D eigenvalue weighted by molar-refractivity contribution is 5.91. The van der Waals surface area contributed by atoms with E-state index in [9.17, 15) is 9.59 Å². The van der Waals surface area contributed by atoms with Gasteiger partial charge in [0.1, 0.15) is 6.04 Å². The second kappa shape index (κ2) is 7.95. The van der Waals surface area contributed by atoms with Crippen molar-refractivity contribution in [1.82, 2.24) is 10.2 Å². The quantitative estimate of drug-likeness (QED) is 0.855. The highest BCUT2D eigenvalue weighted by Crippen LogP contribution is 2.44. The van der Waals surface area contributed by atoms with Gasteiger partial charge in [-0.2, -0.15) is 0 Å². The van der Waals surface area contributed by atoms with E-state index >= 15 is 0 Å². The SMILES string of the molecule is O=C(NCc1ccccc1)C1CCCN1C(=O)C(c1ccccc1)C1CC1. The third-order valence-corrected chi connectivity index (χ3v) is 5.67. The molecule has 2 atom stereocenters. The predicted molar refractivity (Wildman–Crippen MR) is 105 cm³/mol. The Morgan fingerprint density at radius 1 is 0.963 bits per heavy atom. The molecule has 4 heteroatoms. The molecule has 2 aromatic rings. The van der Waals surface area contributed by atoms with Crippen LogP contribution in [0.5, 0.6) is 0 Å². The fraction of sp³-hybridized carbons (Fsp3) is 0.391. The van der Waals surface area contributed by atoms with Gasteiger partial charge in [0.05, 0.1) is 5.92 Å². The van der Waals surface area contributed by atoms with Crippen molar-refractivity contribution in [2.24, 2.45) is 5.92 Å². The van der Waals surface area contributed by atoms with Crippen molar-refractivity contribution in [1.29, 1.82) is 0 Å². The van der Waals surface area contributed by atoms with E-state index in [1.807, 2.05) is 65.6 Å². The third kappa shape index (κ3) is 4.05. The van der Waals surface area contributed by atoms with Crippen molar-refractivity contribution in [2.75, 3.05) is 6.54 Å². The van der Waals surface area contributed by atoms with E-state index < -0.39 is 0 Å². The lowest BCUT2D eigenvalue weighted by molar-refractivity contribution is -0.140. The van der Waals surface area contributed by atoms with Crippen LogP contribution >= 0.6 is 0 Å². The monoisotopic (exact) mass is 362 g/mol. The minimum absolute atomic E-state index is 0.0349. The maximum atomic E-state index is 13.4. The summed E-state index contributed by atoms with van der Waals surface area (Å²) in [5.74, 6) is 0.413. The first-order valence-corrected chi connectivity index (χ1v) is 9.91. The average molecular weight is 362 g/mol. The van der Waals surface area contributed by atoms with Crippen LogP contribution in [0.3, 0.4) is 0 Å². The Bertz CT molecular complexity index is 787. The molecular weight excluding hydrogens is 336 g/mol. The van der Waals surface area contributed by atoms with Crippen molar-refractivity contribution in [3.63, 3.8) is 0 Å². The molecule has 0 radical (unpaired) electrons. The van der Waals surface area contributed by atoms with E-state index in [0.717, 1.165) is 36.8 Å². The largest absolute Gasteiger partial charge is 0.350 e. The molecule has 1 saturated heterocycles. The van der Waals surface area contributed by atoms with Gasteiger partial charge in [-0.1, -0.05) is 60.7 Å². The molecule has 27 heavy (non-hydrogen) atoms. The van der Waals surface area contributed by atoms with Crippen LogP contribution < -0.4 is 5.32 Å². The van der Waals surface area contributed by atoms with E-state index in [4.69, 9.17) is 0 Å². The summed E-state index contributed by atoms with van der Waals surface area (Å²) in [6, 6.07) is 19.6. The Hall–Kier alpha value is -2.62. The number of nitrogens with zero attached hydrogens (tertiary/aromatic N) is 1. The molecule has 1 aliphatic carbocycles. The predicted octanol–water partition coefficient (Wildman–Crippen LogP) is 3.49. The Kier molecular flexibility index (Phi) is 5.23. The molecule has 1 saturated carbocycles. The lowest BCUT2D eigenvalue weighted by Crippen LogP contribution is -2.47. The molecule has 2 amide bonds. The Balaban J connectivity index is 1.45. The number of likely N-dealkylation sites (tertiary alicyclic amines) is 1. The molecule has 0 aromatic heterocycles. The van der Waals surface area contributed by atoms with Crippen molar-refractivity contribution < 1.29 is 9.59 Å². The normalized spacial score (nSPS) is 20.3. The molecular formula is C23H26N2O2. The van der Waals surface area contributed by atoms with Gasteiger partial charge in [0.2, 0.25) is 11.8 Å². The van der Waals surface area contributed by atoms with Crippen molar-refractivity contribution in [2.45, 2.75) is 44.2 Å². The van der Waals surface area contributed by atoms with Crippen molar-refractivity contribution in [3.05, 3.63) is 71.8 Å². The third-order valence-electron chi connectivity index (χ3n) is 5.67. The van der Waals surface area contributed by atoms with E-state index in [1.165, 1.54) is 0 Å². The minimum atomic E-state index is -0.342. The summed E-state index contributed by atoms with van der Waals surface area (Å²) in [4.78, 5) is 28.0. The van der Waals surface area contributed by atoms with Crippen LogP contribution in [0.25, 0.3) is 0 Å². The number of benzene rings is 2. The molecule has 1 heterocycles. The van der Waals surface area contributed by atoms with Crippen LogP contribution in [0, 0.1) is 5.92 Å². The first-order valence-electron chi connectivity index (χ1n) is 9.91. The number of rotatable bonds is 6. The molecule has 0 spiro atoms. The van der Waals surface area contributed by atoms with Gasteiger partial charge in [-0.05, 0) is 42.7 Å². The molecule has 1 aliphatic heterocycles. The summed E-state index contributed by atoms with van der Waals surface area (Å²) in [5.41, 5.74) is 2.15. The first-order chi connectivity index (χ1) is 13.2. The number of nitrogens with one attached hydrogen (secondary N) is 1. The summed E-state index contributed by atoms with van der Waals surface area (Å²) in [7, 11) is 0. The molecule has 4 nitrogen and oxygen atoms in total. The second-order valence-electron chi connectivity index (χ2n) is 7.62. The Morgan fingerprint density at radius 3 is 2.30 bits per heavy atom. The smallest absolute Gasteiger partial charge is 0.243 e. The fourth-order valence-corrected chi connectivity index (χ4v) is 4.09. The van der Waals surface area contributed by atoms with Gasteiger partial charge in [0.15, 0.2) is 0 Å². The van der Waals surface area contributed by atoms with Crippen LogP contribution in [0.2, 0.25) is 0 Å². The van der Waals surface area contributed by atoms with Gasteiger partial charge in [0, 0.05) is 13.1 Å². The molecule has 2 fully saturated rings. The summed E-state index contributed by atoms with van der Waals surface area (Å²) in [5, 5.41) is 3.02. The highest BCUT2D eigenvalue weighted by atomic mass is 16.2. The van der Waals surface area contributed by atoms with Crippen molar-refractivity contribution >= 4 is 11.8 Å². The maximum absolute atomic E-state index is 13.4. The topological polar surface area (TPSA) is 49.4 Å². The van der Waals surface area contributed by atoms with Gasteiger partial charge < -0.3 is 10.2 Å². The summed E-state index contributed by atoms with van der Waals surface area (Å²) in [6.07, 6.45) is 3.84. The van der Waals surface area contributed by atoms with E-state index in [0.29, 0.717) is 19.0 Å². The number of hydrogen-bond donors (Lipinski definition) is 1. The molecule has 0 bridgehead atoms. The molecule has 140 valence electrons. The van der Waals surface area contributed by atoms with Crippen molar-refractivity contribution in [3.8, 4) is 0 Å². The Morgan fingerprint density at radius 2 is 1.63 bits per heavy atom. The van der Waals surface area contributed by atoms with Crippen LogP contribution in [0.1, 0.15) is 42.7 Å². The van der Waals surface area contributed by atoms with E-state index in [2.05, 4.69) is 5.32 Å². The molecule has 2 unspecified atom stereocenters. The van der Waals surface area contributed by atoms with Gasteiger partial charge >= 0.3 is 0 Å². The van der Waals surface area contributed by atoms with Crippen LogP contribution in [0.15, 0.2) is 60.7 Å². The molecule has 1 N–H and O–H groups in total. The summed E-state index contributed by atoms with van der Waals surface area (Å²) in [6.45, 7) is 1.18. The zero-order valence-electron chi connectivity index (χ0n) is 15.5. The lowest BCUT2D eigenvalue weighted by Gasteiger charge is -2.28. The molecule has 2 aliphatic rings. The standard InChI is InChI=1S/C23H26N2O2/c26-22(24-16-17-8-3-1-4-9-17)20-12-7-15-25(20)23(27)21(19-13-14-19)18-10-5-2-6-11-18/h1-6,8-11,19-21H,7,12-16H2,(H,24,26). The number of hydrogen-bond acceptors (Lipinski definition) is 2. The minimum Gasteiger partial charge on any atom is -0.350 e. The number of carbonyl (C=O) groups excluding carboxylic acids is 2. The first kappa shape index (κ1) is 17.8. The van der Waals surface area contributed by atoms with Crippen LogP contribution in [-0.2, 0) is 16.1 Å². The van der Waals surface area contributed by atoms with Gasteiger partial charge in [0.25, 0.3) is 0 Å². The summed E-state index contributed by atoms with van der Waals surface area (Å²) < 4.78 is 0. The average Bonchev–Trinajstić information content (AvgIpc) is 3.41. The highest BCUT2D eigenvalue weighted by Gasteiger charge is 2.43. The van der Waals surface area contributed by atoms with E-state index in [-0.39, 0.29) is 23.8 Å². The van der Waals surface area contributed by atoms with Crippen LogP contribution in [0.4, 0.5) is 0 Å². The number of carbonyl (C=O) groups is 2. The number of amides is 2. The fourth-order valence-electron chi connectivity index (χ4n) is 4.09. The zero-order valence-corrected chi connectivity index (χ0v) is 15.5. The molecule has 2 aromatic carbocycles. The lowest BCUT2D eigenvalue weighted by atomic mass is 9.92. The second-order valence-corrected chi connectivity index (χ2v) is 7.62. The van der Waals surface area contributed by atoms with E-state index in [1.54, 1.807) is 0 Å². The summed E-state index contributed by atoms with van der Waals surface area (Å²) >= 11 is 0. The zero-order chi connectivity index (χ0) is 18.6. The molecule has 4 rings (SSSR count). The van der Waals surface area contributed by atoms with Crippen LogP contribution in [-0.4, -0.2) is 29.3 Å².